The number of carbonyl (C=O) groups excluding carboxylic acids is 1. The molecule has 0 saturated heterocycles. The van der Waals surface area contributed by atoms with Crippen LogP contribution in [0.25, 0.3) is 16.7 Å². The SMILES string of the molecule is CC1CC(n2c(=O)[nH]c3ccc(Cl)cc32)=CC(=O)O1. The summed E-state index contributed by atoms with van der Waals surface area (Å²) in [6.07, 6.45) is 1.59. The Kier molecular flexibility index (Phi) is 2.71. The number of aromatic nitrogens is 2. The predicted molar refractivity (Wildman–Crippen MR) is 72.0 cm³/mol. The van der Waals surface area contributed by atoms with Crippen LogP contribution >= 0.6 is 11.6 Å². The molecule has 3 rings (SSSR count). The van der Waals surface area contributed by atoms with Gasteiger partial charge >= 0.3 is 11.7 Å². The fourth-order valence-electron chi connectivity index (χ4n) is 2.28. The first-order valence-electron chi connectivity index (χ1n) is 5.86. The number of halogens is 1. The van der Waals surface area contributed by atoms with Crippen molar-refractivity contribution < 1.29 is 9.53 Å². The Balaban J connectivity index is 2.25. The van der Waals surface area contributed by atoms with Gasteiger partial charge in [-0.05, 0) is 25.1 Å². The number of H-pyrrole nitrogens is 1. The number of nitrogens with zero attached hydrogens (tertiary/aromatic N) is 1. The fraction of sp³-hybridized carbons (Fsp3) is 0.231. The maximum Gasteiger partial charge on any atom is 0.332 e. The molecule has 98 valence electrons. The second-order valence-electron chi connectivity index (χ2n) is 4.51. The molecule has 1 aliphatic rings. The Morgan fingerprint density at radius 1 is 1.42 bits per heavy atom. The van der Waals surface area contributed by atoms with Crippen molar-refractivity contribution >= 4 is 34.3 Å². The van der Waals surface area contributed by atoms with E-state index in [1.54, 1.807) is 25.1 Å². The zero-order chi connectivity index (χ0) is 13.6. The largest absolute Gasteiger partial charge is 0.459 e. The third-order valence-corrected chi connectivity index (χ3v) is 3.27. The van der Waals surface area contributed by atoms with Gasteiger partial charge in [-0.2, -0.15) is 0 Å². The molecule has 0 spiro atoms. The van der Waals surface area contributed by atoms with Crippen LogP contribution in [0, 0.1) is 0 Å². The van der Waals surface area contributed by atoms with Crippen LogP contribution in [0.15, 0.2) is 29.1 Å². The van der Waals surface area contributed by atoms with E-state index in [4.69, 9.17) is 16.3 Å². The van der Waals surface area contributed by atoms with E-state index in [1.807, 2.05) is 0 Å². The Labute approximate surface area is 113 Å². The number of benzene rings is 1. The highest BCUT2D eigenvalue weighted by atomic mass is 35.5. The zero-order valence-electron chi connectivity index (χ0n) is 10.1. The van der Waals surface area contributed by atoms with Gasteiger partial charge in [0, 0.05) is 23.2 Å². The first-order chi connectivity index (χ1) is 9.04. The quantitative estimate of drug-likeness (QED) is 0.813. The van der Waals surface area contributed by atoms with Crippen molar-refractivity contribution in [1.29, 1.82) is 0 Å². The summed E-state index contributed by atoms with van der Waals surface area (Å²) < 4.78 is 6.49. The monoisotopic (exact) mass is 278 g/mol. The van der Waals surface area contributed by atoms with E-state index >= 15 is 0 Å². The lowest BCUT2D eigenvalue weighted by Crippen LogP contribution is -2.25. The standard InChI is InChI=1S/C13H11ClN2O3/c1-7-4-9(6-12(17)19-7)16-11-5-8(14)2-3-10(11)15-13(16)18/h2-3,5-7H,4H2,1H3,(H,15,18). The second kappa shape index (κ2) is 4.28. The highest BCUT2D eigenvalue weighted by molar-refractivity contribution is 6.31. The molecule has 1 N–H and O–H groups in total. The summed E-state index contributed by atoms with van der Waals surface area (Å²) in [6.45, 7) is 1.79. The number of cyclic esters (lactones) is 1. The van der Waals surface area contributed by atoms with E-state index in [-0.39, 0.29) is 11.8 Å². The van der Waals surface area contributed by atoms with Crippen LogP contribution in [0.2, 0.25) is 5.02 Å². The minimum atomic E-state index is -0.433. The Morgan fingerprint density at radius 2 is 2.21 bits per heavy atom. The van der Waals surface area contributed by atoms with Gasteiger partial charge in [-0.3, -0.25) is 4.57 Å². The Morgan fingerprint density at radius 3 is 2.95 bits per heavy atom. The number of aromatic amines is 1. The number of imidazole rings is 1. The molecule has 0 fully saturated rings. The fourth-order valence-corrected chi connectivity index (χ4v) is 2.45. The van der Waals surface area contributed by atoms with Crippen molar-refractivity contribution in [3.8, 4) is 0 Å². The Bertz CT molecular complexity index is 757. The van der Waals surface area contributed by atoms with Crippen molar-refractivity contribution in [1.82, 2.24) is 9.55 Å². The summed E-state index contributed by atoms with van der Waals surface area (Å²) in [5.74, 6) is -0.433. The highest BCUT2D eigenvalue weighted by Gasteiger charge is 2.21. The topological polar surface area (TPSA) is 64.1 Å². The molecule has 0 radical (unpaired) electrons. The van der Waals surface area contributed by atoms with Gasteiger partial charge in [-0.15, -0.1) is 0 Å². The summed E-state index contributed by atoms with van der Waals surface area (Å²) in [6, 6.07) is 5.14. The number of ether oxygens (including phenoxy) is 1. The van der Waals surface area contributed by atoms with E-state index in [0.29, 0.717) is 28.2 Å². The summed E-state index contributed by atoms with van der Waals surface area (Å²) in [5.41, 5.74) is 1.67. The number of fused-ring (bicyclic) bond motifs is 1. The number of rotatable bonds is 1. The van der Waals surface area contributed by atoms with Gasteiger partial charge in [0.05, 0.1) is 11.0 Å². The molecule has 0 amide bonds. The van der Waals surface area contributed by atoms with Crippen LogP contribution in [0.3, 0.4) is 0 Å². The van der Waals surface area contributed by atoms with E-state index in [0.717, 1.165) is 0 Å². The number of hydrogen-bond donors (Lipinski definition) is 1. The molecule has 2 aromatic rings. The summed E-state index contributed by atoms with van der Waals surface area (Å²) in [5, 5.41) is 0.535. The van der Waals surface area contributed by atoms with Crippen molar-refractivity contribution in [2.75, 3.05) is 0 Å². The van der Waals surface area contributed by atoms with Gasteiger partial charge in [0.25, 0.3) is 0 Å². The molecule has 0 bridgehead atoms. The molecule has 1 unspecified atom stereocenters. The molecule has 6 heteroatoms. The molecule has 1 aromatic heterocycles. The molecule has 5 nitrogen and oxygen atoms in total. The minimum absolute atomic E-state index is 0.247. The van der Waals surface area contributed by atoms with Gasteiger partial charge in [0.15, 0.2) is 0 Å². The normalized spacial score (nSPS) is 19.4. The molecule has 2 heterocycles. The van der Waals surface area contributed by atoms with Crippen LogP contribution < -0.4 is 5.69 Å². The number of nitrogens with one attached hydrogen (secondary N) is 1. The predicted octanol–water partition coefficient (Wildman–Crippen LogP) is 2.16. The van der Waals surface area contributed by atoms with Crippen molar-refractivity contribution in [3.63, 3.8) is 0 Å². The van der Waals surface area contributed by atoms with Crippen LogP contribution in [0.4, 0.5) is 0 Å². The summed E-state index contributed by atoms with van der Waals surface area (Å²) >= 11 is 5.96. The van der Waals surface area contributed by atoms with Crippen LogP contribution in [-0.2, 0) is 9.53 Å². The third-order valence-electron chi connectivity index (χ3n) is 3.03. The number of carbonyl (C=O) groups is 1. The lowest BCUT2D eigenvalue weighted by Gasteiger charge is -2.20. The van der Waals surface area contributed by atoms with Gasteiger partial charge in [-0.25, -0.2) is 9.59 Å². The van der Waals surface area contributed by atoms with Crippen molar-refractivity contribution in [3.05, 3.63) is 39.8 Å². The molecule has 0 saturated carbocycles. The smallest absolute Gasteiger partial charge is 0.332 e. The minimum Gasteiger partial charge on any atom is -0.459 e. The van der Waals surface area contributed by atoms with Gasteiger partial charge < -0.3 is 9.72 Å². The van der Waals surface area contributed by atoms with Gasteiger partial charge in [0.1, 0.15) is 6.10 Å². The molecule has 1 aliphatic heterocycles. The summed E-state index contributed by atoms with van der Waals surface area (Å²) in [7, 11) is 0. The molecular formula is C13H11ClN2O3. The zero-order valence-corrected chi connectivity index (χ0v) is 10.9. The van der Waals surface area contributed by atoms with Crippen molar-refractivity contribution in [2.45, 2.75) is 19.4 Å². The molecule has 19 heavy (non-hydrogen) atoms. The van der Waals surface area contributed by atoms with E-state index in [2.05, 4.69) is 4.98 Å². The van der Waals surface area contributed by atoms with Gasteiger partial charge in [-0.1, -0.05) is 11.6 Å². The third kappa shape index (κ3) is 2.06. The molecular weight excluding hydrogens is 268 g/mol. The lowest BCUT2D eigenvalue weighted by atomic mass is 10.1. The van der Waals surface area contributed by atoms with E-state index in [9.17, 15) is 9.59 Å². The highest BCUT2D eigenvalue weighted by Crippen LogP contribution is 2.24. The average Bonchev–Trinajstić information content (AvgIpc) is 2.63. The van der Waals surface area contributed by atoms with Gasteiger partial charge in [0.2, 0.25) is 0 Å². The number of esters is 1. The molecule has 1 atom stereocenters. The maximum absolute atomic E-state index is 12.0. The van der Waals surface area contributed by atoms with Crippen LogP contribution in [0.1, 0.15) is 13.3 Å². The Hall–Kier alpha value is -2.01. The van der Waals surface area contributed by atoms with E-state index < -0.39 is 5.97 Å². The second-order valence-corrected chi connectivity index (χ2v) is 4.95. The van der Waals surface area contributed by atoms with Crippen LogP contribution in [0.5, 0.6) is 0 Å². The lowest BCUT2D eigenvalue weighted by molar-refractivity contribution is -0.142. The van der Waals surface area contributed by atoms with E-state index in [1.165, 1.54) is 10.6 Å². The summed E-state index contributed by atoms with van der Waals surface area (Å²) in [4.78, 5) is 26.2. The van der Waals surface area contributed by atoms with Crippen molar-refractivity contribution in [2.24, 2.45) is 0 Å². The first-order valence-corrected chi connectivity index (χ1v) is 6.24. The van der Waals surface area contributed by atoms with Crippen LogP contribution in [-0.4, -0.2) is 21.6 Å². The number of hydrogen-bond acceptors (Lipinski definition) is 3. The average molecular weight is 279 g/mol. The molecule has 1 aromatic carbocycles. The maximum atomic E-state index is 12.0. The molecule has 0 aliphatic carbocycles. The first kappa shape index (κ1) is 12.0.